The maximum atomic E-state index is 13.0. The predicted molar refractivity (Wildman–Crippen MR) is 475 cm³/mol. The standard InChI is InChI=1S/2C19H26N2O6S2.C14H18N4.C13H20N2O4S.C10H15NO5.C5H7NO3.C3H7NS/c2*1-19(2,3)26-18(23)21-12-14(11-16(21)17(22)20-9-10-28-13-20)27-29(24,25)15-7-5-4-6-8-15;1-12-11-14(17-9-7-15-8-10-17)18(16-12)13-5-3-2-4-6-13;1-13(2,3)19-12(18)15-7-9(16)6-10(15)11(17)14-4-5-20-8-14;1-10(2,3)16-9(15)11-5-6(12)4-7(11)8(13)14;7-3-1-4(5(8)9)6-2-3;1-2-5-3-4-1/h2*4-8,14,16H,9-13H2,1-3H3;2-6,11,15H,7-10H2,1H3;10H,4-8H2,1-3H3;7H,4-5H2,1-3H3,(H,13,14);4,6H,1-2H2,(H,8,9);4H,1-3H2/t14-,16?;14-,16+;;;;;/m11...../s1/i2*14D;;;;;. The molecule has 0 spiro atoms. The number of benzene rings is 3. The van der Waals surface area contributed by atoms with Gasteiger partial charge in [-0.3, -0.25) is 66.8 Å². The van der Waals surface area contributed by atoms with Gasteiger partial charge in [0.1, 0.15) is 64.2 Å². The summed E-state index contributed by atoms with van der Waals surface area (Å²) in [5.74, 6) is 4.43. The van der Waals surface area contributed by atoms with Crippen LogP contribution in [0.4, 0.5) is 25.0 Å². The number of amides is 7. The molecule has 4 aromatic rings. The lowest BCUT2D eigenvalue weighted by Gasteiger charge is -2.29. The smallest absolute Gasteiger partial charge is 0.411 e. The van der Waals surface area contributed by atoms with Crippen LogP contribution >= 0.6 is 47.0 Å². The van der Waals surface area contributed by atoms with Gasteiger partial charge >= 0.3 is 36.3 Å². The van der Waals surface area contributed by atoms with Gasteiger partial charge in [-0.1, -0.05) is 54.6 Å². The number of nitrogens with zero attached hydrogens (tertiary/aromatic N) is 10. The zero-order valence-electron chi connectivity index (χ0n) is 75.3. The number of aromatic nitrogens is 2. The molecule has 11 heterocycles. The quantitative estimate of drug-likeness (QED) is 0.0651. The summed E-state index contributed by atoms with van der Waals surface area (Å²) >= 11 is 6.82. The highest BCUT2D eigenvalue weighted by molar-refractivity contribution is 8.00. The predicted octanol–water partition coefficient (Wildman–Crippen LogP) is 7.23. The van der Waals surface area contributed by atoms with Gasteiger partial charge in [-0.05, 0) is 126 Å². The summed E-state index contributed by atoms with van der Waals surface area (Å²) in [5.41, 5.74) is -0.769. The Morgan fingerprint density at radius 3 is 1.19 bits per heavy atom. The lowest BCUT2D eigenvalue weighted by atomic mass is 10.1. The van der Waals surface area contributed by atoms with E-state index in [9.17, 15) is 74.4 Å². The van der Waals surface area contributed by atoms with Crippen molar-refractivity contribution in [2.75, 3.05) is 137 Å². The highest BCUT2D eigenvalue weighted by Crippen LogP contribution is 2.33. The Morgan fingerprint density at radius 1 is 0.468 bits per heavy atom. The second-order valence-electron chi connectivity index (χ2n) is 34.1. The molecule has 0 saturated carbocycles. The van der Waals surface area contributed by atoms with Crippen LogP contribution in [0.1, 0.15) is 124 Å². The molecule has 7 atom stereocenters. The van der Waals surface area contributed by atoms with Crippen molar-refractivity contribution in [2.24, 2.45) is 0 Å². The number of thioether (sulfide) groups is 4. The van der Waals surface area contributed by atoms with Crippen LogP contribution in [0.5, 0.6) is 0 Å². The van der Waals surface area contributed by atoms with Gasteiger partial charge in [0.05, 0.1) is 86.4 Å². The highest BCUT2D eigenvalue weighted by Gasteiger charge is 2.49. The van der Waals surface area contributed by atoms with Crippen molar-refractivity contribution in [1.82, 2.24) is 60.0 Å². The van der Waals surface area contributed by atoms with Crippen molar-refractivity contribution in [3.8, 4) is 5.69 Å². The molecular formula is C83H119N13O24S6. The molecule has 10 aliphatic heterocycles. The van der Waals surface area contributed by atoms with E-state index in [2.05, 4.69) is 44.1 Å². The molecule has 696 valence electrons. The molecule has 0 radical (unpaired) electrons. The molecule has 5 N–H and O–H groups in total. The number of carboxylic acid groups (broad SMARTS) is 2. The van der Waals surface area contributed by atoms with Crippen molar-refractivity contribution in [3.63, 3.8) is 0 Å². The molecule has 10 aliphatic rings. The molecule has 126 heavy (non-hydrogen) atoms. The van der Waals surface area contributed by atoms with Crippen LogP contribution in [0.2, 0.25) is 0 Å². The summed E-state index contributed by atoms with van der Waals surface area (Å²) in [7, 11) is -8.50. The van der Waals surface area contributed by atoms with E-state index in [0.717, 1.165) is 69.5 Å². The van der Waals surface area contributed by atoms with E-state index >= 15 is 0 Å². The third-order valence-electron chi connectivity index (χ3n) is 19.1. The topological polar surface area (TPSA) is 449 Å². The summed E-state index contributed by atoms with van der Waals surface area (Å²) in [6.45, 7) is 28.8. The van der Waals surface area contributed by atoms with Crippen LogP contribution in [0.15, 0.2) is 107 Å². The molecular weight excluding hydrogens is 1760 g/mol. The number of ether oxygens (including phenoxy) is 4. The van der Waals surface area contributed by atoms with Gasteiger partial charge in [0.25, 0.3) is 20.2 Å². The number of likely N-dealkylation sites (tertiary alicyclic amines) is 4. The zero-order chi connectivity index (χ0) is 94.5. The largest absolute Gasteiger partial charge is 0.480 e. The first-order valence-electron chi connectivity index (χ1n) is 42.0. The fraction of sp³-hybridized carbons (Fsp3) is 0.602. The molecule has 14 rings (SSSR count). The Hall–Kier alpha value is -8.79. The SMILES string of the molecule is C1CSCN1.CC(C)(C)OC(=O)N1CC(=O)CC1C(=O)N1CCSC1.CC(C)(C)OC(=O)N1CC(=O)CC1C(=O)O.Cc1cc(N2CCNCC2)n(-c2ccccc2)n1.O=C1CNC(C(=O)O)C1.[2H][C@@]1(OS(=O)(=O)c2ccccc2)CC(C(=O)N2CCSC2)N(C(=O)OC(C)(C)C)C1.[2H][C@@]1(OS(=O)(=O)c2ccccc2)C[C@@H](C(=O)N2CCSC2)N(C(=O)OC(C)(C)C)C1. The average molecular weight is 1880 g/mol. The van der Waals surface area contributed by atoms with E-state index in [4.69, 9.17) is 40.3 Å². The van der Waals surface area contributed by atoms with Crippen LogP contribution < -0.4 is 20.9 Å². The minimum absolute atomic E-state index is 0.0256. The molecule has 0 bridgehead atoms. The monoisotopic (exact) mass is 1880 g/mol. The lowest BCUT2D eigenvalue weighted by Crippen LogP contribution is -2.48. The number of piperazine rings is 1. The number of carbonyl (C=O) groups is 12. The minimum atomic E-state index is -4.25. The molecule has 1 aromatic heterocycles. The van der Waals surface area contributed by atoms with Crippen LogP contribution in [-0.4, -0.2) is 339 Å². The molecule has 43 heteroatoms. The number of Topliss-reactive ketones (excluding diaryl/α,β-unsaturated/α-hetero) is 3. The van der Waals surface area contributed by atoms with Gasteiger partial charge < -0.3 is 59.4 Å². The third-order valence-corrected chi connectivity index (χ3v) is 25.5. The number of aliphatic carboxylic acids is 2. The number of ketones is 3. The van der Waals surface area contributed by atoms with Gasteiger partial charge in [-0.25, -0.2) is 28.7 Å². The van der Waals surface area contributed by atoms with Crippen LogP contribution in [-0.2, 0) is 85.9 Å². The molecule has 37 nitrogen and oxygen atoms in total. The number of hydrogen-bond acceptors (Lipinski definition) is 31. The van der Waals surface area contributed by atoms with E-state index in [1.165, 1.54) is 53.2 Å². The van der Waals surface area contributed by atoms with Crippen molar-refractivity contribution >= 4 is 144 Å². The number of para-hydroxylation sites is 1. The second kappa shape index (κ2) is 46.5. The number of hydrogen-bond donors (Lipinski definition) is 5. The Bertz CT molecular complexity index is 4600. The van der Waals surface area contributed by atoms with Crippen molar-refractivity contribution in [1.29, 1.82) is 0 Å². The Labute approximate surface area is 756 Å². The first-order valence-corrected chi connectivity index (χ1v) is 48.5. The summed E-state index contributed by atoms with van der Waals surface area (Å²) < 4.78 is 101. The van der Waals surface area contributed by atoms with Crippen molar-refractivity contribution in [3.05, 3.63) is 103 Å². The van der Waals surface area contributed by atoms with Gasteiger partial charge in [0, 0.05) is 119 Å². The zero-order valence-corrected chi connectivity index (χ0v) is 78.2. The fourth-order valence-corrected chi connectivity index (χ4v) is 18.9. The minimum Gasteiger partial charge on any atom is -0.480 e. The van der Waals surface area contributed by atoms with Crippen LogP contribution in [0, 0.1) is 6.92 Å². The Balaban J connectivity index is 0.000000193. The van der Waals surface area contributed by atoms with E-state index in [1.807, 2.05) is 41.6 Å². The van der Waals surface area contributed by atoms with E-state index in [-0.39, 0.29) is 96.6 Å². The number of carboxylic acids is 2. The summed E-state index contributed by atoms with van der Waals surface area (Å²) in [4.78, 5) is 153. The molecule has 4 unspecified atom stereocenters. The molecule has 7 amide bonds. The van der Waals surface area contributed by atoms with Gasteiger partial charge in [0.2, 0.25) is 17.7 Å². The Kier molecular flexibility index (Phi) is 36.6. The van der Waals surface area contributed by atoms with E-state index in [1.54, 1.807) is 169 Å². The van der Waals surface area contributed by atoms with Crippen molar-refractivity contribution < 1.29 is 115 Å². The van der Waals surface area contributed by atoms with Gasteiger partial charge in [-0.15, -0.1) is 47.0 Å². The molecule has 3 aromatic carbocycles. The van der Waals surface area contributed by atoms with Crippen LogP contribution in [0.25, 0.3) is 5.69 Å². The average Bonchev–Trinajstić information content (AvgIpc) is 1.62. The number of aryl methyl sites for hydroxylation is 1. The summed E-state index contributed by atoms with van der Waals surface area (Å²) in [6, 6.07) is 23.0. The van der Waals surface area contributed by atoms with Crippen molar-refractivity contribution in [2.45, 2.75) is 197 Å². The van der Waals surface area contributed by atoms with Gasteiger partial charge in [0.15, 0.2) is 11.6 Å². The number of anilines is 1. The van der Waals surface area contributed by atoms with Gasteiger partial charge in [-0.2, -0.15) is 21.9 Å². The molecule has 0 aliphatic carbocycles. The summed E-state index contributed by atoms with van der Waals surface area (Å²) in [5, 5.41) is 30.9. The molecule has 10 saturated heterocycles. The maximum Gasteiger partial charge on any atom is 0.411 e. The molecule has 10 fully saturated rings. The first-order chi connectivity index (χ1) is 59.8. The Morgan fingerprint density at radius 2 is 0.857 bits per heavy atom. The first kappa shape index (κ1) is 99.4. The summed E-state index contributed by atoms with van der Waals surface area (Å²) in [6.07, 6.45) is -7.35. The number of rotatable bonds is 13. The van der Waals surface area contributed by atoms with E-state index in [0.29, 0.717) is 37.3 Å². The lowest BCUT2D eigenvalue weighted by molar-refractivity contribution is -0.142. The fourth-order valence-electron chi connectivity index (χ4n) is 13.3. The van der Waals surface area contributed by atoms with E-state index < -0.39 is 134 Å². The normalized spacial score (nSPS) is 23.4. The number of carbonyl (C=O) groups excluding carboxylic acids is 10. The number of nitrogens with one attached hydrogen (secondary N) is 3. The second-order valence-corrected chi connectivity index (χ2v) is 41.5. The van der Waals surface area contributed by atoms with Crippen LogP contribution in [0.3, 0.4) is 0 Å². The third kappa shape index (κ3) is 32.1. The highest BCUT2D eigenvalue weighted by atomic mass is 32.2. The maximum absolute atomic E-state index is 13.0.